The monoisotopic (exact) mass is 241 g/mol. The first kappa shape index (κ1) is 10.7. The van der Waals surface area contributed by atoms with Gasteiger partial charge in [0, 0.05) is 10.4 Å². The average molecular weight is 242 g/mol. The van der Waals surface area contributed by atoms with E-state index in [2.05, 4.69) is 5.32 Å². The maximum absolute atomic E-state index is 6.11. The summed E-state index contributed by atoms with van der Waals surface area (Å²) >= 11 is 7.76. The van der Waals surface area contributed by atoms with Crippen LogP contribution in [0.5, 0.6) is 0 Å². The second kappa shape index (κ2) is 4.39. The van der Waals surface area contributed by atoms with E-state index in [-0.39, 0.29) is 6.04 Å². The lowest BCUT2D eigenvalue weighted by molar-refractivity contribution is 0.528. The van der Waals surface area contributed by atoms with Crippen molar-refractivity contribution in [1.29, 1.82) is 0 Å². The minimum Gasteiger partial charge on any atom is -0.469 e. The number of furan rings is 1. The van der Waals surface area contributed by atoms with Crippen molar-refractivity contribution in [3.05, 3.63) is 45.0 Å². The maximum atomic E-state index is 6.11. The fourth-order valence-corrected chi connectivity index (χ4v) is 2.88. The molecule has 2 aromatic heterocycles. The quantitative estimate of drug-likeness (QED) is 0.888. The molecule has 0 aliphatic rings. The van der Waals surface area contributed by atoms with Crippen LogP contribution in [0.4, 0.5) is 0 Å². The highest BCUT2D eigenvalue weighted by molar-refractivity contribution is 7.10. The smallest absolute Gasteiger partial charge is 0.101 e. The Morgan fingerprint density at radius 3 is 2.80 bits per heavy atom. The third-order valence-corrected chi connectivity index (χ3v) is 3.70. The summed E-state index contributed by atoms with van der Waals surface area (Å²) in [7, 11) is 1.92. The van der Waals surface area contributed by atoms with Crippen LogP contribution in [0, 0.1) is 6.92 Å². The number of thiophene rings is 1. The molecule has 2 aromatic rings. The summed E-state index contributed by atoms with van der Waals surface area (Å²) in [6.07, 6.45) is 1.77. The topological polar surface area (TPSA) is 25.2 Å². The molecule has 0 aliphatic carbocycles. The highest BCUT2D eigenvalue weighted by Crippen LogP contribution is 2.33. The Morgan fingerprint density at radius 1 is 1.53 bits per heavy atom. The van der Waals surface area contributed by atoms with Gasteiger partial charge >= 0.3 is 0 Å². The molecule has 4 heteroatoms. The van der Waals surface area contributed by atoms with E-state index in [0.717, 1.165) is 21.2 Å². The number of hydrogen-bond acceptors (Lipinski definition) is 3. The van der Waals surface area contributed by atoms with Gasteiger partial charge in [-0.05, 0) is 31.5 Å². The Bertz CT molecular complexity index is 449. The predicted octanol–water partition coefficient (Wildman–Crippen LogP) is 3.61. The minimum absolute atomic E-state index is 0.120. The number of halogens is 1. The summed E-state index contributed by atoms with van der Waals surface area (Å²) in [5, 5.41) is 6.04. The summed E-state index contributed by atoms with van der Waals surface area (Å²) in [6.45, 7) is 1.94. The zero-order chi connectivity index (χ0) is 10.8. The number of aryl methyl sites for hydroxylation is 1. The summed E-state index contributed by atoms with van der Waals surface area (Å²) in [5.41, 5.74) is 1.11. The molecule has 80 valence electrons. The van der Waals surface area contributed by atoms with Crippen LogP contribution < -0.4 is 5.32 Å². The van der Waals surface area contributed by atoms with Gasteiger partial charge in [-0.1, -0.05) is 11.6 Å². The Hall–Kier alpha value is -0.770. The van der Waals surface area contributed by atoms with Crippen molar-refractivity contribution in [3.63, 3.8) is 0 Å². The third kappa shape index (κ3) is 2.09. The molecule has 0 saturated carbocycles. The van der Waals surface area contributed by atoms with Gasteiger partial charge in [0.25, 0.3) is 0 Å². The van der Waals surface area contributed by atoms with Crippen LogP contribution in [0.25, 0.3) is 0 Å². The summed E-state index contributed by atoms with van der Waals surface area (Å²) in [5.74, 6) is 0.915. The van der Waals surface area contributed by atoms with E-state index in [4.69, 9.17) is 16.0 Å². The van der Waals surface area contributed by atoms with Gasteiger partial charge in [0.05, 0.1) is 17.3 Å². The van der Waals surface area contributed by atoms with Crippen LogP contribution in [-0.4, -0.2) is 7.05 Å². The lowest BCUT2D eigenvalue weighted by atomic mass is 10.1. The van der Waals surface area contributed by atoms with Gasteiger partial charge in [-0.2, -0.15) is 0 Å². The second-order valence-electron chi connectivity index (χ2n) is 3.35. The van der Waals surface area contributed by atoms with Crippen molar-refractivity contribution in [3.8, 4) is 0 Å². The zero-order valence-electron chi connectivity index (χ0n) is 8.58. The molecule has 0 spiro atoms. The molecule has 1 unspecified atom stereocenters. The van der Waals surface area contributed by atoms with Crippen LogP contribution in [-0.2, 0) is 0 Å². The molecule has 15 heavy (non-hydrogen) atoms. The highest BCUT2D eigenvalue weighted by atomic mass is 35.5. The first-order chi connectivity index (χ1) is 7.22. The van der Waals surface area contributed by atoms with Crippen molar-refractivity contribution in [2.45, 2.75) is 13.0 Å². The van der Waals surface area contributed by atoms with E-state index in [1.54, 1.807) is 17.6 Å². The van der Waals surface area contributed by atoms with Crippen LogP contribution in [0.3, 0.4) is 0 Å². The fourth-order valence-electron chi connectivity index (χ4n) is 1.58. The van der Waals surface area contributed by atoms with E-state index in [1.807, 2.05) is 31.5 Å². The first-order valence-electron chi connectivity index (χ1n) is 4.67. The number of nitrogens with one attached hydrogen (secondary N) is 1. The van der Waals surface area contributed by atoms with Crippen LogP contribution >= 0.6 is 22.9 Å². The molecule has 0 saturated heterocycles. The Labute approximate surface area is 97.9 Å². The SMILES string of the molecule is CNC(c1coc(C)c1)c1sccc1Cl. The van der Waals surface area contributed by atoms with Crippen molar-refractivity contribution < 1.29 is 4.42 Å². The Morgan fingerprint density at radius 2 is 2.33 bits per heavy atom. The molecular weight excluding hydrogens is 230 g/mol. The Kier molecular flexibility index (Phi) is 3.14. The second-order valence-corrected chi connectivity index (χ2v) is 4.70. The van der Waals surface area contributed by atoms with Crippen molar-refractivity contribution in [2.24, 2.45) is 0 Å². The van der Waals surface area contributed by atoms with Crippen LogP contribution in [0.15, 0.2) is 28.2 Å². The van der Waals surface area contributed by atoms with E-state index in [0.29, 0.717) is 0 Å². The molecule has 2 nitrogen and oxygen atoms in total. The molecule has 2 heterocycles. The van der Waals surface area contributed by atoms with Gasteiger partial charge in [0.2, 0.25) is 0 Å². The molecule has 0 radical (unpaired) electrons. The van der Waals surface area contributed by atoms with Gasteiger partial charge in [-0.15, -0.1) is 11.3 Å². The lowest BCUT2D eigenvalue weighted by Crippen LogP contribution is -2.16. The molecular formula is C11H12ClNOS. The minimum atomic E-state index is 0.120. The summed E-state index contributed by atoms with van der Waals surface area (Å²) in [6, 6.07) is 4.06. The molecule has 0 aliphatic heterocycles. The van der Waals surface area contributed by atoms with Gasteiger partial charge in [0.15, 0.2) is 0 Å². The van der Waals surface area contributed by atoms with Crippen LogP contribution in [0.2, 0.25) is 5.02 Å². The van der Waals surface area contributed by atoms with E-state index >= 15 is 0 Å². The zero-order valence-corrected chi connectivity index (χ0v) is 10.2. The molecule has 0 aromatic carbocycles. The predicted molar refractivity (Wildman–Crippen MR) is 63.7 cm³/mol. The largest absolute Gasteiger partial charge is 0.469 e. The standard InChI is InChI=1S/C11H12ClNOS/c1-7-5-8(6-14-7)10(13-2)11-9(12)3-4-15-11/h3-6,10,13H,1-2H3. The third-order valence-electron chi connectivity index (χ3n) is 2.28. The van der Waals surface area contributed by atoms with Crippen LogP contribution in [0.1, 0.15) is 22.2 Å². The molecule has 0 fully saturated rings. The first-order valence-corrected chi connectivity index (χ1v) is 5.93. The van der Waals surface area contributed by atoms with E-state index < -0.39 is 0 Å². The molecule has 1 N–H and O–H groups in total. The van der Waals surface area contributed by atoms with Gasteiger partial charge < -0.3 is 9.73 Å². The lowest BCUT2D eigenvalue weighted by Gasteiger charge is -2.12. The van der Waals surface area contributed by atoms with Gasteiger partial charge in [0.1, 0.15) is 5.76 Å². The summed E-state index contributed by atoms with van der Waals surface area (Å²) in [4.78, 5) is 1.12. The highest BCUT2D eigenvalue weighted by Gasteiger charge is 2.17. The van der Waals surface area contributed by atoms with Gasteiger partial charge in [-0.25, -0.2) is 0 Å². The van der Waals surface area contributed by atoms with Crippen molar-refractivity contribution in [1.82, 2.24) is 5.32 Å². The van der Waals surface area contributed by atoms with E-state index in [1.165, 1.54) is 0 Å². The van der Waals surface area contributed by atoms with Gasteiger partial charge in [-0.3, -0.25) is 0 Å². The summed E-state index contributed by atoms with van der Waals surface area (Å²) < 4.78 is 5.31. The molecule has 0 amide bonds. The van der Waals surface area contributed by atoms with E-state index in [9.17, 15) is 0 Å². The normalized spacial score (nSPS) is 13.0. The molecule has 2 rings (SSSR count). The molecule has 0 bridgehead atoms. The number of rotatable bonds is 3. The Balaban J connectivity index is 2.36. The van der Waals surface area contributed by atoms with Crippen molar-refractivity contribution in [2.75, 3.05) is 7.05 Å². The maximum Gasteiger partial charge on any atom is 0.101 e. The number of hydrogen-bond donors (Lipinski definition) is 1. The fraction of sp³-hybridized carbons (Fsp3) is 0.273. The van der Waals surface area contributed by atoms with Crippen molar-refractivity contribution >= 4 is 22.9 Å². The average Bonchev–Trinajstić information content (AvgIpc) is 2.79. The molecule has 1 atom stereocenters.